The van der Waals surface area contributed by atoms with E-state index in [9.17, 15) is 0 Å². The fraction of sp³-hybridized carbons (Fsp3) is 0.643. The van der Waals surface area contributed by atoms with Crippen LogP contribution >= 0.6 is 0 Å². The second kappa shape index (κ2) is 5.98. The van der Waals surface area contributed by atoms with Gasteiger partial charge < -0.3 is 10.1 Å². The molecule has 2 heterocycles. The maximum absolute atomic E-state index is 8.81. The molecule has 19 heavy (non-hydrogen) atoms. The molecule has 5 nitrogen and oxygen atoms in total. The maximum Gasteiger partial charge on any atom is 0.145 e. The zero-order valence-corrected chi connectivity index (χ0v) is 11.5. The molecule has 1 aromatic rings. The number of nitriles is 1. The van der Waals surface area contributed by atoms with Crippen LogP contribution in [0.4, 0.5) is 5.82 Å². The molecule has 5 heteroatoms. The minimum Gasteiger partial charge on any atom is -0.381 e. The lowest BCUT2D eigenvalue weighted by atomic mass is 9.74. The first-order valence-corrected chi connectivity index (χ1v) is 6.65. The largest absolute Gasteiger partial charge is 0.381 e. The normalized spacial score (nSPS) is 16.9. The fourth-order valence-corrected chi connectivity index (χ4v) is 2.46. The summed E-state index contributed by atoms with van der Waals surface area (Å²) in [7, 11) is 0. The minimum absolute atomic E-state index is 0.182. The zero-order chi connectivity index (χ0) is 13.7. The molecule has 1 aliphatic rings. The van der Waals surface area contributed by atoms with E-state index < -0.39 is 0 Å². The summed E-state index contributed by atoms with van der Waals surface area (Å²) in [6.07, 6.45) is 3.64. The topological polar surface area (TPSA) is 70.8 Å². The molecule has 0 radical (unpaired) electrons. The molecule has 0 bridgehead atoms. The number of aromatic nitrogens is 2. The van der Waals surface area contributed by atoms with Gasteiger partial charge >= 0.3 is 0 Å². The highest BCUT2D eigenvalue weighted by molar-refractivity contribution is 5.38. The number of rotatable bonds is 4. The van der Waals surface area contributed by atoms with E-state index in [1.165, 1.54) is 6.33 Å². The van der Waals surface area contributed by atoms with Crippen molar-refractivity contribution in [3.05, 3.63) is 18.1 Å². The Morgan fingerprint density at radius 1 is 1.42 bits per heavy atom. The van der Waals surface area contributed by atoms with Gasteiger partial charge in [-0.05, 0) is 24.2 Å². The third-order valence-corrected chi connectivity index (χ3v) is 3.83. The third-order valence-electron chi connectivity index (χ3n) is 3.83. The lowest BCUT2D eigenvalue weighted by Gasteiger charge is -2.37. The van der Waals surface area contributed by atoms with Crippen LogP contribution in [-0.2, 0) is 4.74 Å². The van der Waals surface area contributed by atoms with Crippen LogP contribution in [0.2, 0.25) is 0 Å². The molecule has 1 N–H and O–H groups in total. The number of ether oxygens (including phenoxy) is 1. The molecule has 0 spiro atoms. The van der Waals surface area contributed by atoms with Gasteiger partial charge in [-0.3, -0.25) is 0 Å². The summed E-state index contributed by atoms with van der Waals surface area (Å²) < 4.78 is 5.41. The highest BCUT2D eigenvalue weighted by atomic mass is 16.5. The van der Waals surface area contributed by atoms with Crippen molar-refractivity contribution in [2.45, 2.75) is 26.7 Å². The summed E-state index contributed by atoms with van der Waals surface area (Å²) in [5.41, 5.74) is 0.572. The van der Waals surface area contributed by atoms with E-state index in [1.807, 2.05) is 6.07 Å². The average Bonchev–Trinajstić information content (AvgIpc) is 2.46. The van der Waals surface area contributed by atoms with Gasteiger partial charge in [-0.15, -0.1) is 0 Å². The van der Waals surface area contributed by atoms with Crippen LogP contribution < -0.4 is 5.32 Å². The maximum atomic E-state index is 8.81. The van der Waals surface area contributed by atoms with Crippen molar-refractivity contribution in [2.24, 2.45) is 11.3 Å². The molecule has 1 saturated heterocycles. The summed E-state index contributed by atoms with van der Waals surface area (Å²) in [6.45, 7) is 7.09. The zero-order valence-electron chi connectivity index (χ0n) is 11.5. The Morgan fingerprint density at radius 3 is 2.84 bits per heavy atom. The summed E-state index contributed by atoms with van der Waals surface area (Å²) in [4.78, 5) is 8.00. The van der Waals surface area contributed by atoms with Crippen LogP contribution in [0.15, 0.2) is 12.4 Å². The average molecular weight is 260 g/mol. The molecular weight excluding hydrogens is 240 g/mol. The predicted molar refractivity (Wildman–Crippen MR) is 72.6 cm³/mol. The summed E-state index contributed by atoms with van der Waals surface area (Å²) in [5.74, 6) is 1.37. The SMILES string of the molecule is CC(C)(CNc1cc(C#N)ncn1)C1CCOCC1. The van der Waals surface area contributed by atoms with Crippen LogP contribution in [0.25, 0.3) is 0 Å². The number of nitrogens with one attached hydrogen (secondary N) is 1. The summed E-state index contributed by atoms with van der Waals surface area (Å²) in [6, 6.07) is 3.70. The molecule has 1 aliphatic heterocycles. The van der Waals surface area contributed by atoms with Crippen molar-refractivity contribution in [1.29, 1.82) is 5.26 Å². The predicted octanol–water partition coefficient (Wildman–Crippen LogP) is 2.21. The fourth-order valence-electron chi connectivity index (χ4n) is 2.46. The minimum atomic E-state index is 0.182. The molecule has 0 saturated carbocycles. The molecule has 102 valence electrons. The second-order valence-electron chi connectivity index (χ2n) is 5.63. The van der Waals surface area contributed by atoms with Gasteiger partial charge in [0.15, 0.2) is 0 Å². The Morgan fingerprint density at radius 2 is 2.16 bits per heavy atom. The summed E-state index contributed by atoms with van der Waals surface area (Å²) in [5, 5.41) is 12.1. The number of anilines is 1. The quantitative estimate of drug-likeness (QED) is 0.898. The number of hydrogen-bond donors (Lipinski definition) is 1. The van der Waals surface area contributed by atoms with Crippen molar-refractivity contribution in [3.8, 4) is 6.07 Å². The Bertz CT molecular complexity index is 461. The van der Waals surface area contributed by atoms with Gasteiger partial charge in [0.2, 0.25) is 0 Å². The van der Waals surface area contributed by atoms with Gasteiger partial charge in [0.25, 0.3) is 0 Å². The molecule has 0 atom stereocenters. The van der Waals surface area contributed by atoms with Crippen molar-refractivity contribution in [1.82, 2.24) is 9.97 Å². The van der Waals surface area contributed by atoms with E-state index in [0.29, 0.717) is 17.4 Å². The van der Waals surface area contributed by atoms with Crippen LogP contribution in [-0.4, -0.2) is 29.7 Å². The second-order valence-corrected chi connectivity index (χ2v) is 5.63. The third kappa shape index (κ3) is 3.65. The molecular formula is C14H20N4O. The first-order valence-electron chi connectivity index (χ1n) is 6.65. The molecule has 0 amide bonds. The van der Waals surface area contributed by atoms with E-state index in [0.717, 1.165) is 32.6 Å². The van der Waals surface area contributed by atoms with E-state index in [4.69, 9.17) is 10.00 Å². The highest BCUT2D eigenvalue weighted by Gasteiger charge is 2.30. The molecule has 0 aromatic carbocycles. The summed E-state index contributed by atoms with van der Waals surface area (Å²) >= 11 is 0. The molecule has 1 aromatic heterocycles. The smallest absolute Gasteiger partial charge is 0.145 e. The molecule has 2 rings (SSSR count). The van der Waals surface area contributed by atoms with Crippen molar-refractivity contribution >= 4 is 5.82 Å². The Hall–Kier alpha value is -1.67. The Labute approximate surface area is 114 Å². The van der Waals surface area contributed by atoms with E-state index >= 15 is 0 Å². The van der Waals surface area contributed by atoms with Crippen LogP contribution in [0.1, 0.15) is 32.4 Å². The molecule has 0 aliphatic carbocycles. The highest BCUT2D eigenvalue weighted by Crippen LogP contribution is 2.34. The Kier molecular flexibility index (Phi) is 4.33. The van der Waals surface area contributed by atoms with Crippen molar-refractivity contribution in [2.75, 3.05) is 25.1 Å². The van der Waals surface area contributed by atoms with Crippen LogP contribution in [0.5, 0.6) is 0 Å². The first-order chi connectivity index (χ1) is 9.12. The van der Waals surface area contributed by atoms with Crippen LogP contribution in [0.3, 0.4) is 0 Å². The molecule has 0 unspecified atom stereocenters. The van der Waals surface area contributed by atoms with E-state index in [2.05, 4.69) is 29.1 Å². The van der Waals surface area contributed by atoms with E-state index in [1.54, 1.807) is 6.07 Å². The van der Waals surface area contributed by atoms with E-state index in [-0.39, 0.29) is 5.41 Å². The first kappa shape index (κ1) is 13.8. The number of nitrogens with zero attached hydrogens (tertiary/aromatic N) is 3. The van der Waals surface area contributed by atoms with Gasteiger partial charge in [-0.1, -0.05) is 13.8 Å². The van der Waals surface area contributed by atoms with Crippen molar-refractivity contribution in [3.63, 3.8) is 0 Å². The van der Waals surface area contributed by atoms with Gasteiger partial charge in [-0.2, -0.15) is 5.26 Å². The number of hydrogen-bond acceptors (Lipinski definition) is 5. The Balaban J connectivity index is 1.94. The lowest BCUT2D eigenvalue weighted by molar-refractivity contribution is 0.0268. The van der Waals surface area contributed by atoms with Gasteiger partial charge in [-0.25, -0.2) is 9.97 Å². The van der Waals surface area contributed by atoms with Crippen LogP contribution in [0, 0.1) is 22.7 Å². The van der Waals surface area contributed by atoms with Gasteiger partial charge in [0, 0.05) is 25.8 Å². The molecule has 1 fully saturated rings. The monoisotopic (exact) mass is 260 g/mol. The standard InChI is InChI=1S/C14H20N4O/c1-14(2,11-3-5-19-6-4-11)9-16-13-7-12(8-15)17-10-18-13/h7,10-11H,3-6,9H2,1-2H3,(H,16,17,18). The van der Waals surface area contributed by atoms with Gasteiger partial charge in [0.1, 0.15) is 23.9 Å². The lowest BCUT2D eigenvalue weighted by Crippen LogP contribution is -2.35. The van der Waals surface area contributed by atoms with Gasteiger partial charge in [0.05, 0.1) is 0 Å². The van der Waals surface area contributed by atoms with Crippen molar-refractivity contribution < 1.29 is 4.74 Å².